The summed E-state index contributed by atoms with van der Waals surface area (Å²) in [5.74, 6) is 0. The lowest BCUT2D eigenvalue weighted by atomic mass is 10.2. The molecule has 19 heavy (non-hydrogen) atoms. The van der Waals surface area contributed by atoms with Gasteiger partial charge in [-0.3, -0.25) is 20.2 Å². The molecular formula is C11H13N3O5. The van der Waals surface area contributed by atoms with Crippen LogP contribution in [0, 0.1) is 10.1 Å². The zero-order chi connectivity index (χ0) is 14.4. The van der Waals surface area contributed by atoms with Crippen LogP contribution in [-0.2, 0) is 9.53 Å². The number of benzene rings is 1. The van der Waals surface area contributed by atoms with Gasteiger partial charge in [0.1, 0.15) is 0 Å². The van der Waals surface area contributed by atoms with Crippen molar-refractivity contribution in [3.8, 4) is 0 Å². The van der Waals surface area contributed by atoms with Crippen LogP contribution < -0.4 is 10.2 Å². The quantitative estimate of drug-likeness (QED) is 0.497. The van der Waals surface area contributed by atoms with Gasteiger partial charge in [-0.25, -0.2) is 4.79 Å². The molecule has 0 spiro atoms. The van der Waals surface area contributed by atoms with Crippen LogP contribution in [0.15, 0.2) is 18.2 Å². The minimum Gasteiger partial charge on any atom is -0.450 e. The third-order valence-corrected chi connectivity index (χ3v) is 2.24. The van der Waals surface area contributed by atoms with Crippen molar-refractivity contribution in [2.24, 2.45) is 0 Å². The summed E-state index contributed by atoms with van der Waals surface area (Å²) in [5.41, 5.74) is 0.272. The minimum absolute atomic E-state index is 0.182. The average Bonchev–Trinajstić information content (AvgIpc) is 2.38. The Morgan fingerprint density at radius 1 is 1.58 bits per heavy atom. The molecule has 0 aliphatic rings. The second-order valence-electron chi connectivity index (χ2n) is 3.52. The fourth-order valence-corrected chi connectivity index (χ4v) is 1.37. The summed E-state index contributed by atoms with van der Waals surface area (Å²) in [4.78, 5) is 33.3. The molecule has 0 saturated heterocycles. The van der Waals surface area contributed by atoms with Crippen LogP contribution in [0.25, 0.3) is 0 Å². The lowest BCUT2D eigenvalue weighted by molar-refractivity contribution is -0.384. The van der Waals surface area contributed by atoms with Gasteiger partial charge in [-0.2, -0.15) is 0 Å². The van der Waals surface area contributed by atoms with Crippen LogP contribution in [-0.4, -0.2) is 31.1 Å². The van der Waals surface area contributed by atoms with Crippen LogP contribution in [0.2, 0.25) is 0 Å². The number of anilines is 2. The van der Waals surface area contributed by atoms with Crippen molar-refractivity contribution in [1.29, 1.82) is 0 Å². The van der Waals surface area contributed by atoms with E-state index in [0.717, 1.165) is 4.90 Å². The van der Waals surface area contributed by atoms with Crippen molar-refractivity contribution in [3.05, 3.63) is 28.3 Å². The Balaban J connectivity index is 3.12. The SMILES string of the molecule is CCOC(=O)Nc1ccc([N+](=O)[O-])cc1N(C)C=O. The van der Waals surface area contributed by atoms with Crippen molar-refractivity contribution in [2.75, 3.05) is 23.9 Å². The van der Waals surface area contributed by atoms with Crippen LogP contribution >= 0.6 is 0 Å². The maximum absolute atomic E-state index is 11.3. The molecule has 0 radical (unpaired) electrons. The van der Waals surface area contributed by atoms with E-state index in [-0.39, 0.29) is 23.7 Å². The summed E-state index contributed by atoms with van der Waals surface area (Å²) < 4.78 is 4.70. The molecule has 1 aromatic rings. The number of amides is 2. The highest BCUT2D eigenvalue weighted by atomic mass is 16.6. The van der Waals surface area contributed by atoms with Gasteiger partial charge in [-0.05, 0) is 13.0 Å². The number of nitrogens with one attached hydrogen (secondary N) is 1. The lowest BCUT2D eigenvalue weighted by Gasteiger charge is -2.16. The standard InChI is InChI=1S/C11H13N3O5/c1-3-19-11(16)12-9-5-4-8(14(17)18)6-10(9)13(2)7-15/h4-7H,3H2,1-2H3,(H,12,16). The highest BCUT2D eigenvalue weighted by molar-refractivity contribution is 5.93. The van der Waals surface area contributed by atoms with E-state index in [0.29, 0.717) is 6.41 Å². The van der Waals surface area contributed by atoms with E-state index in [1.165, 1.54) is 25.2 Å². The molecule has 0 aliphatic heterocycles. The number of ether oxygens (including phenoxy) is 1. The number of nitro groups is 1. The Morgan fingerprint density at radius 2 is 2.26 bits per heavy atom. The molecule has 0 aromatic heterocycles. The van der Waals surface area contributed by atoms with E-state index in [9.17, 15) is 19.7 Å². The fourth-order valence-electron chi connectivity index (χ4n) is 1.37. The molecule has 0 saturated carbocycles. The first-order valence-electron chi connectivity index (χ1n) is 5.40. The lowest BCUT2D eigenvalue weighted by Crippen LogP contribution is -2.19. The van der Waals surface area contributed by atoms with E-state index >= 15 is 0 Å². The van der Waals surface area contributed by atoms with Crippen LogP contribution in [0.1, 0.15) is 6.92 Å². The third-order valence-electron chi connectivity index (χ3n) is 2.24. The van der Waals surface area contributed by atoms with Gasteiger partial charge >= 0.3 is 6.09 Å². The fraction of sp³-hybridized carbons (Fsp3) is 0.273. The first kappa shape index (κ1) is 14.4. The molecule has 2 amide bonds. The van der Waals surface area contributed by atoms with Gasteiger partial charge in [0.15, 0.2) is 0 Å². The molecule has 102 valence electrons. The Hall–Kier alpha value is -2.64. The molecule has 8 nitrogen and oxygen atoms in total. The van der Waals surface area contributed by atoms with E-state index in [1.54, 1.807) is 6.92 Å². The predicted molar refractivity (Wildman–Crippen MR) is 68.2 cm³/mol. The van der Waals surface area contributed by atoms with Crippen molar-refractivity contribution in [1.82, 2.24) is 0 Å². The zero-order valence-corrected chi connectivity index (χ0v) is 10.5. The summed E-state index contributed by atoms with van der Waals surface area (Å²) in [5, 5.41) is 13.1. The number of nitrogens with zero attached hydrogens (tertiary/aromatic N) is 2. The highest BCUT2D eigenvalue weighted by Crippen LogP contribution is 2.29. The van der Waals surface area contributed by atoms with Gasteiger partial charge in [-0.1, -0.05) is 0 Å². The normalized spacial score (nSPS) is 9.58. The smallest absolute Gasteiger partial charge is 0.411 e. The van der Waals surface area contributed by atoms with Gasteiger partial charge in [0.25, 0.3) is 5.69 Å². The molecular weight excluding hydrogens is 254 g/mol. The molecule has 0 aliphatic carbocycles. The number of non-ortho nitro benzene ring substituents is 1. The molecule has 0 bridgehead atoms. The molecule has 0 unspecified atom stereocenters. The number of rotatable bonds is 5. The third kappa shape index (κ3) is 3.66. The average molecular weight is 267 g/mol. The zero-order valence-electron chi connectivity index (χ0n) is 10.5. The molecule has 1 aromatic carbocycles. The molecule has 1 rings (SSSR count). The number of nitro benzene ring substituents is 1. The van der Waals surface area contributed by atoms with E-state index < -0.39 is 11.0 Å². The Kier molecular flexibility index (Phi) is 4.81. The molecule has 1 N–H and O–H groups in total. The van der Waals surface area contributed by atoms with Gasteiger partial charge in [-0.15, -0.1) is 0 Å². The summed E-state index contributed by atoms with van der Waals surface area (Å²) in [6.45, 7) is 1.84. The molecule has 0 fully saturated rings. The van der Waals surface area contributed by atoms with Crippen LogP contribution in [0.3, 0.4) is 0 Å². The maximum atomic E-state index is 11.3. The minimum atomic E-state index is -0.697. The summed E-state index contributed by atoms with van der Waals surface area (Å²) in [7, 11) is 1.42. The maximum Gasteiger partial charge on any atom is 0.411 e. The summed E-state index contributed by atoms with van der Waals surface area (Å²) in [6, 6.07) is 3.75. The van der Waals surface area contributed by atoms with Crippen molar-refractivity contribution >= 4 is 29.6 Å². The number of hydrogen-bond donors (Lipinski definition) is 1. The number of carbonyl (C=O) groups is 2. The van der Waals surface area contributed by atoms with Gasteiger partial charge < -0.3 is 9.64 Å². The van der Waals surface area contributed by atoms with Crippen molar-refractivity contribution in [2.45, 2.75) is 6.92 Å². The molecule has 8 heteroatoms. The summed E-state index contributed by atoms with van der Waals surface area (Å²) in [6.07, 6.45) is -0.216. The summed E-state index contributed by atoms with van der Waals surface area (Å²) >= 11 is 0. The first-order valence-corrected chi connectivity index (χ1v) is 5.40. The van der Waals surface area contributed by atoms with Crippen molar-refractivity contribution in [3.63, 3.8) is 0 Å². The van der Waals surface area contributed by atoms with E-state index in [4.69, 9.17) is 4.74 Å². The van der Waals surface area contributed by atoms with Crippen LogP contribution in [0.5, 0.6) is 0 Å². The first-order chi connectivity index (χ1) is 8.99. The van der Waals surface area contributed by atoms with E-state index in [1.807, 2.05) is 0 Å². The second kappa shape index (κ2) is 6.34. The topological polar surface area (TPSA) is 102 Å². The Labute approximate surface area is 109 Å². The predicted octanol–water partition coefficient (Wildman–Crippen LogP) is 1.76. The molecule has 0 atom stereocenters. The van der Waals surface area contributed by atoms with Crippen molar-refractivity contribution < 1.29 is 19.2 Å². The molecule has 0 heterocycles. The largest absolute Gasteiger partial charge is 0.450 e. The Morgan fingerprint density at radius 3 is 2.79 bits per heavy atom. The van der Waals surface area contributed by atoms with Gasteiger partial charge in [0.05, 0.1) is 22.9 Å². The second-order valence-corrected chi connectivity index (χ2v) is 3.52. The van der Waals surface area contributed by atoms with Gasteiger partial charge in [0.2, 0.25) is 6.41 Å². The van der Waals surface area contributed by atoms with Gasteiger partial charge in [0, 0.05) is 19.2 Å². The highest BCUT2D eigenvalue weighted by Gasteiger charge is 2.15. The van der Waals surface area contributed by atoms with E-state index in [2.05, 4.69) is 5.32 Å². The Bertz CT molecular complexity index is 503. The van der Waals surface area contributed by atoms with Crippen LogP contribution in [0.4, 0.5) is 21.9 Å². The monoisotopic (exact) mass is 267 g/mol. The number of hydrogen-bond acceptors (Lipinski definition) is 5. The number of carbonyl (C=O) groups excluding carboxylic acids is 2.